The number of carboxylic acid groups (broad SMARTS) is 1. The summed E-state index contributed by atoms with van der Waals surface area (Å²) in [6.45, 7) is 2.16. The molecule has 0 aromatic carbocycles. The van der Waals surface area contributed by atoms with E-state index in [1.807, 2.05) is 0 Å². The van der Waals surface area contributed by atoms with E-state index in [1.54, 1.807) is 0 Å². The molecule has 1 unspecified atom stereocenters. The number of hydrogen-bond donors (Lipinski definition) is 2. The van der Waals surface area contributed by atoms with E-state index in [-0.39, 0.29) is 81.2 Å². The van der Waals surface area contributed by atoms with Gasteiger partial charge in [-0.3, -0.25) is 9.59 Å². The maximum atomic E-state index is 11.4. The summed E-state index contributed by atoms with van der Waals surface area (Å²) in [6.07, 6.45) is 7.51. The Bertz CT molecular complexity index is 350. The first-order valence-electron chi connectivity index (χ1n) is 7.69. The van der Waals surface area contributed by atoms with Gasteiger partial charge in [-0.2, -0.15) is 0 Å². The van der Waals surface area contributed by atoms with Crippen molar-refractivity contribution in [3.05, 3.63) is 0 Å². The molecule has 8 heteroatoms. The number of unbranched alkanes of at least 4 members (excludes halogenated alkanes) is 6. The normalized spacial score (nSPS) is 10.9. The van der Waals surface area contributed by atoms with Crippen molar-refractivity contribution in [2.75, 3.05) is 0 Å². The number of esters is 2. The van der Waals surface area contributed by atoms with Crippen molar-refractivity contribution in [3.8, 4) is 0 Å². The molecule has 0 aromatic heterocycles. The first kappa shape index (κ1) is 28.4. The molecule has 0 saturated heterocycles. The minimum Gasteiger partial charge on any atom is -1.00 e. The van der Waals surface area contributed by atoms with Gasteiger partial charge in [0.2, 0.25) is 0 Å². The Morgan fingerprint density at radius 1 is 1.00 bits per heavy atom. The average Bonchev–Trinajstić information content (AvgIpc) is 2.43. The summed E-state index contributed by atoms with van der Waals surface area (Å²) in [5.74, 6) is -2.46. The van der Waals surface area contributed by atoms with Gasteiger partial charge in [-0.1, -0.05) is 45.4 Å². The number of carbonyl (C=O) groups is 3. The molecule has 0 aliphatic heterocycles. The van der Waals surface area contributed by atoms with Crippen molar-refractivity contribution in [3.63, 3.8) is 0 Å². The second-order valence-electron chi connectivity index (χ2n) is 5.20. The Hall–Kier alpha value is 0.570. The van der Waals surface area contributed by atoms with E-state index in [4.69, 9.17) is 10.8 Å². The molecule has 23 heavy (non-hydrogen) atoms. The first-order valence-corrected chi connectivity index (χ1v) is 7.69. The van der Waals surface area contributed by atoms with Crippen LogP contribution in [-0.4, -0.2) is 29.1 Å². The fourth-order valence-corrected chi connectivity index (χ4v) is 1.86. The van der Waals surface area contributed by atoms with E-state index < -0.39 is 23.9 Å². The number of carboxylic acids is 1. The summed E-state index contributed by atoms with van der Waals surface area (Å²) in [7, 11) is 0. The second kappa shape index (κ2) is 18.9. The molecule has 3 N–H and O–H groups in total. The summed E-state index contributed by atoms with van der Waals surface area (Å²) < 4.78 is 4.59. The minimum atomic E-state index is -1.06. The molecule has 0 aliphatic carbocycles. The molecule has 0 radical (unpaired) electrons. The molecule has 0 spiro atoms. The van der Waals surface area contributed by atoms with Crippen LogP contribution < -0.4 is 64.8 Å². The van der Waals surface area contributed by atoms with E-state index in [2.05, 4.69) is 11.7 Å². The van der Waals surface area contributed by atoms with Crippen LogP contribution in [0.2, 0.25) is 0 Å². The first-order chi connectivity index (χ1) is 9.97. The fraction of sp³-hybridized carbons (Fsp3) is 0.800. The largest absolute Gasteiger partial charge is 1.00 e. The van der Waals surface area contributed by atoms with Crippen molar-refractivity contribution in [1.29, 1.82) is 0 Å². The van der Waals surface area contributed by atoms with Crippen molar-refractivity contribution < 1.29 is 86.2 Å². The maximum absolute atomic E-state index is 11.4. The third-order valence-electron chi connectivity index (χ3n) is 3.17. The van der Waals surface area contributed by atoms with Crippen LogP contribution in [-0.2, 0) is 19.1 Å². The fourth-order valence-electron chi connectivity index (χ4n) is 1.86. The van der Waals surface area contributed by atoms with Crippen molar-refractivity contribution >= 4 is 17.9 Å². The maximum Gasteiger partial charge on any atom is 1.00 e. The number of rotatable bonds is 12. The number of aliphatic carboxylic acids is 1. The van der Waals surface area contributed by atoms with Gasteiger partial charge in [0, 0.05) is 12.8 Å². The molecule has 0 fully saturated rings. The zero-order valence-corrected chi connectivity index (χ0v) is 18.8. The molecule has 6 nitrogen and oxygen atoms in total. The minimum absolute atomic E-state index is 0. The zero-order valence-electron chi connectivity index (χ0n) is 16.8. The summed E-state index contributed by atoms with van der Waals surface area (Å²) in [5.41, 5.74) is 5.45. The monoisotopic (exact) mass is 349 g/mol. The van der Waals surface area contributed by atoms with Crippen LogP contribution in [0.1, 0.15) is 74.0 Å². The third-order valence-corrected chi connectivity index (χ3v) is 3.17. The van der Waals surface area contributed by atoms with Gasteiger partial charge < -0.3 is 18.4 Å². The topological polar surface area (TPSA) is 107 Å². The van der Waals surface area contributed by atoms with Gasteiger partial charge >= 0.3 is 77.0 Å². The molecule has 0 aromatic rings. The molecule has 0 rings (SSSR count). The van der Waals surface area contributed by atoms with E-state index >= 15 is 0 Å². The quantitative estimate of drug-likeness (QED) is 0.165. The van der Waals surface area contributed by atoms with Crippen molar-refractivity contribution in [2.24, 2.45) is 5.73 Å². The van der Waals surface area contributed by atoms with Gasteiger partial charge in [-0.05, 0) is 12.8 Å². The number of carbonyl (C=O) groups excluding carboxylic acids is 2. The predicted molar refractivity (Wildman–Crippen MR) is 80.8 cm³/mol. The van der Waals surface area contributed by atoms with Gasteiger partial charge in [-0.15, -0.1) is 0 Å². The Morgan fingerprint density at radius 3 is 2.04 bits per heavy atom. The van der Waals surface area contributed by atoms with E-state index in [0.29, 0.717) is 6.42 Å². The predicted octanol–water partition coefficient (Wildman–Crippen LogP) is -3.38. The summed E-state index contributed by atoms with van der Waals surface area (Å²) in [4.78, 5) is 33.2. The summed E-state index contributed by atoms with van der Waals surface area (Å²) in [5, 5.41) is 8.47. The third kappa shape index (κ3) is 18.7. The van der Waals surface area contributed by atoms with Crippen molar-refractivity contribution in [1.82, 2.24) is 0 Å². The van der Waals surface area contributed by atoms with Crippen LogP contribution in [0, 0.1) is 0 Å². The van der Waals surface area contributed by atoms with Crippen molar-refractivity contribution in [2.45, 2.75) is 77.2 Å². The Kier molecular flexibility index (Phi) is 23.3. The summed E-state index contributed by atoms with van der Waals surface area (Å²) in [6, 6.07) is -1.06. The molecular formula is C15H29NNa2O5. The summed E-state index contributed by atoms with van der Waals surface area (Å²) >= 11 is 0. The Morgan fingerprint density at radius 2 is 1.52 bits per heavy atom. The van der Waals surface area contributed by atoms with Gasteiger partial charge in [0.05, 0.1) is 0 Å². The van der Waals surface area contributed by atoms with Gasteiger partial charge in [-0.25, -0.2) is 4.79 Å². The van der Waals surface area contributed by atoms with Crippen LogP contribution in [0.5, 0.6) is 0 Å². The molecule has 0 aliphatic rings. The van der Waals surface area contributed by atoms with Gasteiger partial charge in [0.1, 0.15) is 6.04 Å². The van der Waals surface area contributed by atoms with Gasteiger partial charge in [0.25, 0.3) is 0 Å². The van der Waals surface area contributed by atoms with Gasteiger partial charge in [0.15, 0.2) is 0 Å². The smallest absolute Gasteiger partial charge is 1.00 e. The number of ether oxygens (including phenoxy) is 1. The Balaban J connectivity index is -0.000000333. The molecule has 0 heterocycles. The molecule has 0 saturated carbocycles. The number of hydrogen-bond acceptors (Lipinski definition) is 5. The molecule has 0 bridgehead atoms. The second-order valence-corrected chi connectivity index (χ2v) is 5.20. The molecule has 126 valence electrons. The van der Waals surface area contributed by atoms with Crippen LogP contribution in [0.15, 0.2) is 0 Å². The average molecular weight is 349 g/mol. The van der Waals surface area contributed by atoms with E-state index in [9.17, 15) is 14.4 Å². The SMILES string of the molecule is CCCCCCCCCC(=O)OC(=O)C(N)CCC(=O)O.[H-].[H-].[Na+].[Na+]. The standard InChI is InChI=1S/C15H27NO5.2Na.2H/c1-2-3-4-5-6-7-8-9-14(19)21-15(20)12(16)10-11-13(17)18;;;;/h12H,2-11,16H2,1H3,(H,17,18);;;;/q;2*+1;2*-1. The zero-order chi connectivity index (χ0) is 16.1. The molecular weight excluding hydrogens is 320 g/mol. The van der Waals surface area contributed by atoms with E-state index in [1.165, 1.54) is 25.7 Å². The number of nitrogens with two attached hydrogens (primary N) is 1. The van der Waals surface area contributed by atoms with Crippen LogP contribution in [0.3, 0.4) is 0 Å². The molecule has 0 amide bonds. The van der Waals surface area contributed by atoms with Crippen LogP contribution in [0.4, 0.5) is 0 Å². The molecule has 1 atom stereocenters. The Labute approximate surface area is 185 Å². The van der Waals surface area contributed by atoms with Crippen LogP contribution in [0.25, 0.3) is 0 Å². The van der Waals surface area contributed by atoms with E-state index in [0.717, 1.165) is 12.8 Å². The van der Waals surface area contributed by atoms with Crippen LogP contribution >= 0.6 is 0 Å².